The van der Waals surface area contributed by atoms with E-state index in [0.717, 1.165) is 36.1 Å². The van der Waals surface area contributed by atoms with Gasteiger partial charge in [0.1, 0.15) is 5.54 Å². The molecule has 0 radical (unpaired) electrons. The molecule has 3 aliphatic heterocycles. The molecule has 0 saturated carbocycles. The summed E-state index contributed by atoms with van der Waals surface area (Å²) in [5.74, 6) is -1.90. The number of para-hydroxylation sites is 1. The zero-order valence-corrected chi connectivity index (χ0v) is 18.9. The first-order valence-electron chi connectivity index (χ1n) is 11.7. The number of anilines is 1. The van der Waals surface area contributed by atoms with Gasteiger partial charge in [0, 0.05) is 23.8 Å². The van der Waals surface area contributed by atoms with Crippen LogP contribution in [-0.4, -0.2) is 35.2 Å². The van der Waals surface area contributed by atoms with Crippen LogP contribution in [0.5, 0.6) is 0 Å². The molecule has 3 amide bonds. The fourth-order valence-corrected chi connectivity index (χ4v) is 5.91. The third kappa shape index (κ3) is 3.08. The highest BCUT2D eigenvalue weighted by Crippen LogP contribution is 2.55. The predicted octanol–water partition coefficient (Wildman–Crippen LogP) is 3.38. The molecule has 1 N–H and O–H groups in total. The highest BCUT2D eigenvalue weighted by molar-refractivity contribution is 6.16. The molecule has 2 saturated heterocycles. The number of imide groups is 1. The summed E-state index contributed by atoms with van der Waals surface area (Å²) in [7, 11) is 0. The Kier molecular flexibility index (Phi) is 5.41. The van der Waals surface area contributed by atoms with Crippen molar-refractivity contribution < 1.29 is 14.4 Å². The van der Waals surface area contributed by atoms with Gasteiger partial charge in [-0.15, -0.1) is 6.58 Å². The molecular formula is C27H29N3O3. The van der Waals surface area contributed by atoms with E-state index in [2.05, 4.69) is 18.8 Å². The first-order chi connectivity index (χ1) is 16.0. The van der Waals surface area contributed by atoms with E-state index in [4.69, 9.17) is 0 Å². The molecule has 6 nitrogen and oxygen atoms in total. The zero-order chi connectivity index (χ0) is 23.2. The smallest absolute Gasteiger partial charge is 0.253 e. The Morgan fingerprint density at radius 1 is 1.00 bits per heavy atom. The molecule has 0 unspecified atom stereocenters. The van der Waals surface area contributed by atoms with Crippen LogP contribution < -0.4 is 10.2 Å². The lowest BCUT2D eigenvalue weighted by Crippen LogP contribution is -2.55. The maximum atomic E-state index is 14.0. The lowest BCUT2D eigenvalue weighted by molar-refractivity contribution is -0.143. The Morgan fingerprint density at radius 3 is 2.45 bits per heavy atom. The minimum absolute atomic E-state index is 0.166. The molecule has 5 rings (SSSR count). The number of carbonyl (C=O) groups excluding carboxylic acids is 3. The van der Waals surface area contributed by atoms with Crippen LogP contribution in [-0.2, 0) is 26.5 Å². The van der Waals surface area contributed by atoms with Gasteiger partial charge in [0.25, 0.3) is 5.91 Å². The van der Waals surface area contributed by atoms with Gasteiger partial charge >= 0.3 is 0 Å². The van der Waals surface area contributed by atoms with Crippen LogP contribution in [0.4, 0.5) is 5.69 Å². The summed E-state index contributed by atoms with van der Waals surface area (Å²) < 4.78 is 0. The van der Waals surface area contributed by atoms with Crippen LogP contribution in [0.3, 0.4) is 0 Å². The lowest BCUT2D eigenvalue weighted by Gasteiger charge is -2.30. The van der Waals surface area contributed by atoms with Crippen molar-refractivity contribution in [1.82, 2.24) is 10.2 Å². The number of amides is 3. The minimum atomic E-state index is -1.22. The van der Waals surface area contributed by atoms with Crippen LogP contribution >= 0.6 is 0 Å². The number of carbonyl (C=O) groups is 3. The summed E-state index contributed by atoms with van der Waals surface area (Å²) in [6.07, 6.45) is 4.33. The molecule has 0 bridgehead atoms. The molecule has 3 aliphatic rings. The Labute approximate surface area is 194 Å². The highest BCUT2D eigenvalue weighted by atomic mass is 16.2. The van der Waals surface area contributed by atoms with Gasteiger partial charge in [-0.05, 0) is 18.1 Å². The Morgan fingerprint density at radius 2 is 1.73 bits per heavy atom. The van der Waals surface area contributed by atoms with Gasteiger partial charge in [0.05, 0.1) is 18.4 Å². The number of hydrogen-bond acceptors (Lipinski definition) is 4. The van der Waals surface area contributed by atoms with Gasteiger partial charge in [-0.25, -0.2) is 0 Å². The fourth-order valence-electron chi connectivity index (χ4n) is 5.91. The van der Waals surface area contributed by atoms with Crippen molar-refractivity contribution in [3.8, 4) is 0 Å². The summed E-state index contributed by atoms with van der Waals surface area (Å²) >= 11 is 0. The third-order valence-corrected chi connectivity index (χ3v) is 7.32. The maximum absolute atomic E-state index is 14.0. The Bertz CT molecular complexity index is 1110. The number of likely N-dealkylation sites (tertiary alicyclic amines) is 1. The van der Waals surface area contributed by atoms with Crippen molar-refractivity contribution in [3.05, 3.63) is 78.4 Å². The standard InChI is InChI=1S/C27H29N3O3/c1-3-5-14-20-22-23(25(32)30(24(22)31)17-18-11-7-6-8-12-18)27(28-20)19-13-9-10-15-21(19)29(16-4-2)26(27)33/h4,6-13,15,20,22-23,28H,2-3,5,14,16-17H2,1H3/t20-,22+,23-,27+/m1/s1. The number of unbranched alkanes of at least 4 members (excludes halogenated alkanes) is 1. The summed E-state index contributed by atoms with van der Waals surface area (Å²) in [6.45, 7) is 6.50. The zero-order valence-electron chi connectivity index (χ0n) is 18.9. The number of rotatable bonds is 7. The number of hydrogen-bond donors (Lipinski definition) is 1. The maximum Gasteiger partial charge on any atom is 0.253 e. The van der Waals surface area contributed by atoms with Crippen molar-refractivity contribution in [3.63, 3.8) is 0 Å². The normalized spacial score (nSPS) is 28.0. The van der Waals surface area contributed by atoms with Crippen LogP contribution in [0.2, 0.25) is 0 Å². The molecule has 3 heterocycles. The minimum Gasteiger partial charge on any atom is -0.306 e. The summed E-state index contributed by atoms with van der Waals surface area (Å²) in [6, 6.07) is 16.9. The molecule has 0 aromatic heterocycles. The second kappa shape index (κ2) is 8.27. The van der Waals surface area contributed by atoms with Crippen molar-refractivity contribution >= 4 is 23.4 Å². The van der Waals surface area contributed by atoms with Crippen molar-refractivity contribution in [1.29, 1.82) is 0 Å². The van der Waals surface area contributed by atoms with Crippen molar-refractivity contribution in [2.75, 3.05) is 11.4 Å². The first kappa shape index (κ1) is 21.6. The largest absolute Gasteiger partial charge is 0.306 e. The van der Waals surface area contributed by atoms with Crippen molar-refractivity contribution in [2.45, 2.75) is 44.3 Å². The predicted molar refractivity (Wildman–Crippen MR) is 126 cm³/mol. The third-order valence-electron chi connectivity index (χ3n) is 7.32. The number of nitrogens with one attached hydrogen (secondary N) is 1. The van der Waals surface area contributed by atoms with E-state index in [1.165, 1.54) is 4.90 Å². The molecule has 1 spiro atoms. The van der Waals surface area contributed by atoms with Gasteiger partial charge < -0.3 is 4.90 Å². The van der Waals surface area contributed by atoms with E-state index in [9.17, 15) is 14.4 Å². The second-order valence-electron chi connectivity index (χ2n) is 9.17. The summed E-state index contributed by atoms with van der Waals surface area (Å²) in [5, 5.41) is 3.55. The highest BCUT2D eigenvalue weighted by Gasteiger charge is 2.71. The van der Waals surface area contributed by atoms with E-state index in [-0.39, 0.29) is 30.3 Å². The van der Waals surface area contributed by atoms with E-state index >= 15 is 0 Å². The second-order valence-corrected chi connectivity index (χ2v) is 9.17. The van der Waals surface area contributed by atoms with Gasteiger partial charge in [-0.3, -0.25) is 24.6 Å². The number of nitrogens with zero attached hydrogens (tertiary/aromatic N) is 2. The fraction of sp³-hybridized carbons (Fsp3) is 0.370. The quantitative estimate of drug-likeness (QED) is 0.526. The average Bonchev–Trinajstić information content (AvgIpc) is 3.39. The lowest BCUT2D eigenvalue weighted by atomic mass is 9.76. The van der Waals surface area contributed by atoms with E-state index in [1.54, 1.807) is 11.0 Å². The van der Waals surface area contributed by atoms with Gasteiger partial charge in [0.2, 0.25) is 11.8 Å². The van der Waals surface area contributed by atoms with E-state index in [1.807, 2.05) is 54.6 Å². The van der Waals surface area contributed by atoms with Crippen LogP contribution in [0.25, 0.3) is 0 Å². The van der Waals surface area contributed by atoms with Gasteiger partial charge in [0.15, 0.2) is 0 Å². The molecule has 0 aliphatic carbocycles. The first-order valence-corrected chi connectivity index (χ1v) is 11.7. The Balaban J connectivity index is 1.61. The molecule has 6 heteroatoms. The number of benzene rings is 2. The molecular weight excluding hydrogens is 414 g/mol. The van der Waals surface area contributed by atoms with E-state index < -0.39 is 17.4 Å². The molecule has 33 heavy (non-hydrogen) atoms. The molecule has 4 atom stereocenters. The van der Waals surface area contributed by atoms with Gasteiger partial charge in [-0.1, -0.05) is 74.4 Å². The summed E-state index contributed by atoms with van der Waals surface area (Å²) in [4.78, 5) is 44.6. The Hall–Kier alpha value is -3.25. The monoisotopic (exact) mass is 443 g/mol. The average molecular weight is 444 g/mol. The molecule has 2 aromatic carbocycles. The van der Waals surface area contributed by atoms with Crippen LogP contribution in [0.1, 0.15) is 37.3 Å². The molecule has 170 valence electrons. The van der Waals surface area contributed by atoms with Crippen LogP contribution in [0, 0.1) is 11.8 Å². The molecule has 2 fully saturated rings. The molecule has 2 aromatic rings. The summed E-state index contributed by atoms with van der Waals surface area (Å²) in [5.41, 5.74) is 1.25. The SMILES string of the molecule is C=CCN1C(=O)[C@]2(N[C@H](CCCC)[C@@H]3C(=O)N(Cc4ccccc4)C(=O)[C@@H]32)c2ccccc21. The van der Waals surface area contributed by atoms with Crippen LogP contribution in [0.15, 0.2) is 67.3 Å². The van der Waals surface area contributed by atoms with E-state index in [0.29, 0.717) is 6.54 Å². The topological polar surface area (TPSA) is 69.7 Å². The van der Waals surface area contributed by atoms with Gasteiger partial charge in [-0.2, -0.15) is 0 Å². The van der Waals surface area contributed by atoms with Crippen molar-refractivity contribution in [2.24, 2.45) is 11.8 Å². The number of fused-ring (bicyclic) bond motifs is 4.